The first-order valence-corrected chi connectivity index (χ1v) is 16.0. The molecule has 46 heavy (non-hydrogen) atoms. The number of aromatic nitrogens is 1. The Morgan fingerprint density at radius 3 is 2.07 bits per heavy atom. The number of hydrogen-bond donors (Lipinski definition) is 2. The molecule has 12 heteroatoms. The Kier molecular flexibility index (Phi) is 10.2. The van der Waals surface area contributed by atoms with Crippen molar-refractivity contribution in [2.75, 3.05) is 19.5 Å². The van der Waals surface area contributed by atoms with Gasteiger partial charge in [0, 0.05) is 40.8 Å². The highest BCUT2D eigenvalue weighted by atomic mass is 35.5. The Balaban J connectivity index is 1.58. The fourth-order valence-corrected chi connectivity index (χ4v) is 6.84. The van der Waals surface area contributed by atoms with Crippen LogP contribution in [0.1, 0.15) is 22.4 Å². The Labute approximate surface area is 271 Å². The smallest absolute Gasteiger partial charge is 0.244 e. The molecule has 1 aromatic heterocycles. The van der Waals surface area contributed by atoms with Crippen LogP contribution in [-0.4, -0.2) is 42.9 Å². The number of benzene rings is 4. The van der Waals surface area contributed by atoms with Gasteiger partial charge in [0.2, 0.25) is 15.9 Å². The van der Waals surface area contributed by atoms with Gasteiger partial charge in [0.25, 0.3) is 0 Å². The molecule has 0 saturated heterocycles. The number of halogens is 2. The number of aliphatic hydroxyl groups excluding tert-OH is 1. The number of ether oxygens (including phenoxy) is 2. The minimum absolute atomic E-state index is 0.0203. The van der Waals surface area contributed by atoms with Gasteiger partial charge in [0.15, 0.2) is 0 Å². The quantitative estimate of drug-likeness (QED) is 0.165. The monoisotopic (exact) mass is 663 g/mol. The summed E-state index contributed by atoms with van der Waals surface area (Å²) in [5.74, 6) is 0.175. The van der Waals surface area contributed by atoms with Gasteiger partial charge < -0.3 is 19.9 Å². The van der Waals surface area contributed by atoms with Gasteiger partial charge in [-0.3, -0.25) is 9.78 Å². The highest BCUT2D eigenvalue weighted by Gasteiger charge is 2.29. The van der Waals surface area contributed by atoms with Crippen LogP contribution < -0.4 is 14.8 Å². The molecule has 4 aromatic carbocycles. The molecular formula is C34H31ClFN3O6S. The molecule has 5 rings (SSSR count). The first kappa shape index (κ1) is 32.8. The molecule has 0 fully saturated rings. The molecule has 0 aliphatic rings. The predicted octanol–water partition coefficient (Wildman–Crippen LogP) is 6.11. The number of aliphatic hydroxyl groups is 1. The van der Waals surface area contributed by atoms with Crippen molar-refractivity contribution in [3.63, 3.8) is 0 Å². The summed E-state index contributed by atoms with van der Waals surface area (Å²) in [6.45, 7) is -0.423. The molecular weight excluding hydrogens is 633 g/mol. The van der Waals surface area contributed by atoms with E-state index < -0.39 is 28.4 Å². The Bertz CT molecular complexity index is 1920. The average molecular weight is 664 g/mol. The number of carbonyl (C=O) groups excluding carboxylic acids is 1. The first-order valence-electron chi connectivity index (χ1n) is 14.1. The maximum Gasteiger partial charge on any atom is 0.244 e. The first-order chi connectivity index (χ1) is 22.1. The van der Waals surface area contributed by atoms with Gasteiger partial charge in [0.05, 0.1) is 37.8 Å². The lowest BCUT2D eigenvalue weighted by Crippen LogP contribution is -2.30. The lowest BCUT2D eigenvalue weighted by molar-refractivity contribution is -0.115. The lowest BCUT2D eigenvalue weighted by Gasteiger charge is -2.24. The van der Waals surface area contributed by atoms with Crippen LogP contribution in [0.4, 0.5) is 10.1 Å². The van der Waals surface area contributed by atoms with Gasteiger partial charge in [-0.15, -0.1) is 0 Å². The second-order valence-corrected chi connectivity index (χ2v) is 12.7. The van der Waals surface area contributed by atoms with Crippen LogP contribution in [0.3, 0.4) is 0 Å². The minimum atomic E-state index is -4.27. The SMILES string of the molecule is COc1ccc(CN(Cc2ccc(OC)cc2)S(=O)(=O)c2cc(NC(=O)Cc3cc(F)ccc3Cl)cc3c(CO)nccc23)cc1. The number of sulfonamides is 1. The summed E-state index contributed by atoms with van der Waals surface area (Å²) in [5.41, 5.74) is 2.10. The van der Waals surface area contributed by atoms with E-state index in [-0.39, 0.29) is 46.4 Å². The maximum atomic E-state index is 14.6. The van der Waals surface area contributed by atoms with Crippen molar-refractivity contribution in [2.24, 2.45) is 0 Å². The zero-order valence-corrected chi connectivity index (χ0v) is 26.6. The molecule has 2 N–H and O–H groups in total. The van der Waals surface area contributed by atoms with E-state index in [4.69, 9.17) is 21.1 Å². The summed E-state index contributed by atoms with van der Waals surface area (Å²) >= 11 is 6.17. The summed E-state index contributed by atoms with van der Waals surface area (Å²) in [7, 11) is -1.17. The number of pyridine rings is 1. The second-order valence-electron chi connectivity index (χ2n) is 10.4. The molecule has 5 aromatic rings. The number of nitrogens with one attached hydrogen (secondary N) is 1. The van der Waals surface area contributed by atoms with Crippen LogP contribution in [0.25, 0.3) is 10.8 Å². The van der Waals surface area contributed by atoms with Crippen molar-refractivity contribution in [1.82, 2.24) is 9.29 Å². The van der Waals surface area contributed by atoms with Gasteiger partial charge in [-0.05, 0) is 77.4 Å². The largest absolute Gasteiger partial charge is 0.497 e. The lowest BCUT2D eigenvalue weighted by atomic mass is 10.1. The number of amides is 1. The highest BCUT2D eigenvalue weighted by Crippen LogP contribution is 2.33. The summed E-state index contributed by atoms with van der Waals surface area (Å²) < 4.78 is 55.0. The van der Waals surface area contributed by atoms with E-state index in [0.717, 1.165) is 11.1 Å². The van der Waals surface area contributed by atoms with Gasteiger partial charge >= 0.3 is 0 Å². The molecule has 1 amide bonds. The number of rotatable bonds is 12. The maximum absolute atomic E-state index is 14.6. The number of methoxy groups -OCH3 is 2. The molecule has 1 heterocycles. The van der Waals surface area contributed by atoms with Crippen molar-refractivity contribution in [3.8, 4) is 11.5 Å². The number of anilines is 1. The summed E-state index contributed by atoms with van der Waals surface area (Å²) in [6.07, 6.45) is 1.17. The fraction of sp³-hybridized carbons (Fsp3) is 0.176. The molecule has 0 spiro atoms. The van der Waals surface area contributed by atoms with Crippen molar-refractivity contribution < 1.29 is 32.2 Å². The van der Waals surface area contributed by atoms with Crippen molar-refractivity contribution in [3.05, 3.63) is 124 Å². The molecule has 0 unspecified atom stereocenters. The van der Waals surface area contributed by atoms with Crippen LogP contribution >= 0.6 is 11.6 Å². The molecule has 9 nitrogen and oxygen atoms in total. The van der Waals surface area contributed by atoms with E-state index in [0.29, 0.717) is 22.3 Å². The van der Waals surface area contributed by atoms with Gasteiger partial charge in [0.1, 0.15) is 17.3 Å². The number of carbonyl (C=O) groups is 1. The van der Waals surface area contributed by atoms with Crippen LogP contribution in [0.5, 0.6) is 11.5 Å². The zero-order chi connectivity index (χ0) is 32.8. The molecule has 0 radical (unpaired) electrons. The van der Waals surface area contributed by atoms with Crippen LogP contribution in [0, 0.1) is 5.82 Å². The van der Waals surface area contributed by atoms with Crippen LogP contribution in [-0.2, 0) is 40.9 Å². The van der Waals surface area contributed by atoms with Crippen molar-refractivity contribution in [1.29, 1.82) is 0 Å². The fourth-order valence-electron chi connectivity index (χ4n) is 5.01. The average Bonchev–Trinajstić information content (AvgIpc) is 3.06. The summed E-state index contributed by atoms with van der Waals surface area (Å²) in [6, 6.07) is 22.4. The van der Waals surface area contributed by atoms with Crippen LogP contribution in [0.2, 0.25) is 5.02 Å². The third kappa shape index (κ3) is 7.45. The van der Waals surface area contributed by atoms with Crippen molar-refractivity contribution >= 4 is 44.0 Å². The van der Waals surface area contributed by atoms with E-state index in [9.17, 15) is 22.7 Å². The predicted molar refractivity (Wildman–Crippen MR) is 174 cm³/mol. The molecule has 238 valence electrons. The second kappa shape index (κ2) is 14.3. The van der Waals surface area contributed by atoms with E-state index in [2.05, 4.69) is 10.3 Å². The van der Waals surface area contributed by atoms with E-state index >= 15 is 0 Å². The molecule has 0 atom stereocenters. The van der Waals surface area contributed by atoms with E-state index in [1.807, 2.05) is 0 Å². The molecule has 0 saturated carbocycles. The van der Waals surface area contributed by atoms with E-state index in [1.165, 1.54) is 34.8 Å². The summed E-state index contributed by atoms with van der Waals surface area (Å²) in [4.78, 5) is 17.2. The Morgan fingerprint density at radius 2 is 1.50 bits per heavy atom. The van der Waals surface area contributed by atoms with Crippen LogP contribution in [0.15, 0.2) is 96.0 Å². The van der Waals surface area contributed by atoms with Gasteiger partial charge in [-0.2, -0.15) is 4.31 Å². The zero-order valence-electron chi connectivity index (χ0n) is 25.0. The van der Waals surface area contributed by atoms with Gasteiger partial charge in [-0.1, -0.05) is 35.9 Å². The number of nitrogens with zero attached hydrogens (tertiary/aromatic N) is 2. The van der Waals surface area contributed by atoms with Crippen molar-refractivity contribution in [2.45, 2.75) is 31.0 Å². The standard InChI is InChI=1S/C34H31ClFN3O6S/c1-44-27-8-3-22(4-9-27)19-39(20-23-5-10-28(45-2)11-6-23)46(42,43)33-18-26(17-30-29(33)13-14-37-32(30)21-40)38-34(41)16-24-15-25(36)7-12-31(24)35/h3-15,17-18,40H,16,19-21H2,1-2H3,(H,38,41). The third-order valence-corrected chi connectivity index (χ3v) is 9.57. The summed E-state index contributed by atoms with van der Waals surface area (Å²) in [5, 5.41) is 13.7. The Hall–Kier alpha value is -4.55. The van der Waals surface area contributed by atoms with Gasteiger partial charge in [-0.25, -0.2) is 12.8 Å². The topological polar surface area (TPSA) is 118 Å². The molecule has 0 bridgehead atoms. The molecule has 0 aliphatic carbocycles. The highest BCUT2D eigenvalue weighted by molar-refractivity contribution is 7.89. The van der Waals surface area contributed by atoms with E-state index in [1.54, 1.807) is 74.9 Å². The normalized spacial score (nSPS) is 11.5. The third-order valence-electron chi connectivity index (χ3n) is 7.37. The number of fused-ring (bicyclic) bond motifs is 1. The Morgan fingerprint density at radius 1 is 0.891 bits per heavy atom. The number of hydrogen-bond acceptors (Lipinski definition) is 7. The minimum Gasteiger partial charge on any atom is -0.497 e. The molecule has 0 aliphatic heterocycles.